The molecule has 0 fully saturated rings. The quantitative estimate of drug-likeness (QED) is 0.659. The van der Waals surface area contributed by atoms with Crippen LogP contribution in [0.3, 0.4) is 0 Å². The molecule has 1 aromatic carbocycles. The van der Waals surface area contributed by atoms with Gasteiger partial charge in [0.05, 0.1) is 21.0 Å². The van der Waals surface area contributed by atoms with Gasteiger partial charge in [0.1, 0.15) is 0 Å². The number of nitrogen functional groups attached to an aromatic ring is 1. The zero-order chi connectivity index (χ0) is 13.3. The van der Waals surface area contributed by atoms with Crippen LogP contribution < -0.4 is 5.73 Å². The maximum atomic E-state index is 12.1. The zero-order valence-electron chi connectivity index (χ0n) is 10.1. The van der Waals surface area contributed by atoms with E-state index in [1.54, 1.807) is 43.2 Å². The Labute approximate surface area is 119 Å². The summed E-state index contributed by atoms with van der Waals surface area (Å²) in [4.78, 5) is 13.6. The molecule has 0 saturated carbocycles. The van der Waals surface area contributed by atoms with E-state index >= 15 is 0 Å². The van der Waals surface area contributed by atoms with E-state index in [-0.39, 0.29) is 5.91 Å². The molecule has 0 aliphatic rings. The van der Waals surface area contributed by atoms with Crippen LogP contribution in [0.25, 0.3) is 5.69 Å². The van der Waals surface area contributed by atoms with Crippen molar-refractivity contribution >= 4 is 34.2 Å². The zero-order valence-corrected chi connectivity index (χ0v) is 12.2. The molecule has 1 aromatic heterocycles. The number of nitrogens with zero attached hydrogens (tertiary/aromatic N) is 3. The third kappa shape index (κ3) is 2.47. The molecule has 0 radical (unpaired) electrons. The van der Waals surface area contributed by atoms with Crippen molar-refractivity contribution in [2.75, 3.05) is 19.8 Å². The highest BCUT2D eigenvalue weighted by molar-refractivity contribution is 14.1. The molecule has 0 aliphatic carbocycles. The predicted octanol–water partition coefficient (Wildman–Crippen LogP) is 1.76. The van der Waals surface area contributed by atoms with Crippen LogP contribution in [0, 0.1) is 3.57 Å². The molecule has 94 valence electrons. The standard InChI is InChI=1S/C12H13IN4O/c1-16(2)12(18)10-4-3-9(14)5-11(10)17-7-8(13)6-15-17/h3-7H,14H2,1-2H3. The lowest BCUT2D eigenvalue weighted by atomic mass is 10.1. The lowest BCUT2D eigenvalue weighted by molar-refractivity contribution is 0.0827. The van der Waals surface area contributed by atoms with Crippen molar-refractivity contribution in [3.05, 3.63) is 39.7 Å². The molecule has 6 heteroatoms. The Morgan fingerprint density at radius 1 is 1.44 bits per heavy atom. The van der Waals surface area contributed by atoms with Gasteiger partial charge in [-0.05, 0) is 40.8 Å². The first-order valence-corrected chi connectivity index (χ1v) is 6.38. The lowest BCUT2D eigenvalue weighted by Crippen LogP contribution is -2.23. The van der Waals surface area contributed by atoms with Gasteiger partial charge < -0.3 is 10.6 Å². The van der Waals surface area contributed by atoms with E-state index in [0.29, 0.717) is 16.9 Å². The summed E-state index contributed by atoms with van der Waals surface area (Å²) in [5.41, 5.74) is 7.65. The number of nitrogens with two attached hydrogens (primary N) is 1. The number of carbonyl (C=O) groups excluding carboxylic acids is 1. The van der Waals surface area contributed by atoms with Crippen LogP contribution in [-0.4, -0.2) is 34.7 Å². The molecule has 0 bridgehead atoms. The van der Waals surface area contributed by atoms with E-state index in [2.05, 4.69) is 27.7 Å². The number of hydrogen-bond donors (Lipinski definition) is 1. The first kappa shape index (κ1) is 12.9. The van der Waals surface area contributed by atoms with Gasteiger partial charge in [-0.15, -0.1) is 0 Å². The summed E-state index contributed by atoms with van der Waals surface area (Å²) >= 11 is 2.17. The van der Waals surface area contributed by atoms with Crippen molar-refractivity contribution in [3.63, 3.8) is 0 Å². The Balaban J connectivity index is 2.57. The fourth-order valence-corrected chi connectivity index (χ4v) is 1.98. The summed E-state index contributed by atoms with van der Waals surface area (Å²) in [7, 11) is 3.44. The number of carbonyl (C=O) groups is 1. The number of anilines is 1. The lowest BCUT2D eigenvalue weighted by Gasteiger charge is -2.14. The molecule has 2 rings (SSSR count). The van der Waals surface area contributed by atoms with Crippen molar-refractivity contribution in [2.45, 2.75) is 0 Å². The molecule has 0 atom stereocenters. The molecule has 0 unspecified atom stereocenters. The average molecular weight is 356 g/mol. The molecule has 18 heavy (non-hydrogen) atoms. The summed E-state index contributed by atoms with van der Waals surface area (Å²) in [5, 5.41) is 4.21. The Morgan fingerprint density at radius 2 is 2.17 bits per heavy atom. The van der Waals surface area contributed by atoms with Crippen LogP contribution in [0.1, 0.15) is 10.4 Å². The minimum absolute atomic E-state index is 0.0736. The van der Waals surface area contributed by atoms with Gasteiger partial charge in [-0.2, -0.15) is 5.10 Å². The minimum atomic E-state index is -0.0736. The average Bonchev–Trinajstić information content (AvgIpc) is 2.74. The van der Waals surface area contributed by atoms with Gasteiger partial charge in [0.2, 0.25) is 0 Å². The predicted molar refractivity (Wildman–Crippen MR) is 78.7 cm³/mol. The molecule has 0 saturated heterocycles. The van der Waals surface area contributed by atoms with Crippen LogP contribution >= 0.6 is 22.6 Å². The third-order valence-electron chi connectivity index (χ3n) is 2.46. The number of benzene rings is 1. The second-order valence-corrected chi connectivity index (χ2v) is 5.32. The van der Waals surface area contributed by atoms with Gasteiger partial charge in [-0.25, -0.2) is 4.68 Å². The van der Waals surface area contributed by atoms with Crippen LogP contribution in [0.5, 0.6) is 0 Å². The van der Waals surface area contributed by atoms with Crippen LogP contribution in [0.2, 0.25) is 0 Å². The summed E-state index contributed by atoms with van der Waals surface area (Å²) in [5.74, 6) is -0.0736. The fraction of sp³-hybridized carbons (Fsp3) is 0.167. The highest BCUT2D eigenvalue weighted by Gasteiger charge is 2.15. The number of halogens is 1. The molecular formula is C12H13IN4O. The van der Waals surface area contributed by atoms with Gasteiger partial charge in [0.25, 0.3) is 5.91 Å². The Morgan fingerprint density at radius 3 is 2.72 bits per heavy atom. The van der Waals surface area contributed by atoms with Gasteiger partial charge in [-0.1, -0.05) is 0 Å². The summed E-state index contributed by atoms with van der Waals surface area (Å²) < 4.78 is 2.66. The van der Waals surface area contributed by atoms with E-state index < -0.39 is 0 Å². The van der Waals surface area contributed by atoms with E-state index in [9.17, 15) is 4.79 Å². The van der Waals surface area contributed by atoms with Gasteiger partial charge in [0.15, 0.2) is 0 Å². The number of hydrogen-bond acceptors (Lipinski definition) is 3. The van der Waals surface area contributed by atoms with Crippen LogP contribution in [0.15, 0.2) is 30.6 Å². The Bertz CT molecular complexity index is 592. The minimum Gasteiger partial charge on any atom is -0.399 e. The van der Waals surface area contributed by atoms with E-state index in [1.165, 1.54) is 4.90 Å². The second-order valence-electron chi connectivity index (χ2n) is 4.08. The second kappa shape index (κ2) is 4.97. The van der Waals surface area contributed by atoms with Crippen molar-refractivity contribution in [2.24, 2.45) is 0 Å². The van der Waals surface area contributed by atoms with Gasteiger partial charge in [0, 0.05) is 26.0 Å². The van der Waals surface area contributed by atoms with Gasteiger partial charge in [-0.3, -0.25) is 4.79 Å². The molecule has 0 spiro atoms. The number of aromatic nitrogens is 2. The van der Waals surface area contributed by atoms with Crippen molar-refractivity contribution in [3.8, 4) is 5.69 Å². The van der Waals surface area contributed by atoms with Crippen molar-refractivity contribution in [1.29, 1.82) is 0 Å². The van der Waals surface area contributed by atoms with Gasteiger partial charge >= 0.3 is 0 Å². The first-order chi connectivity index (χ1) is 8.49. The summed E-state index contributed by atoms with van der Waals surface area (Å²) in [6.07, 6.45) is 3.58. The first-order valence-electron chi connectivity index (χ1n) is 5.31. The Kier molecular flexibility index (Phi) is 3.55. The monoisotopic (exact) mass is 356 g/mol. The molecule has 2 N–H and O–H groups in total. The van der Waals surface area contributed by atoms with Crippen molar-refractivity contribution < 1.29 is 4.79 Å². The Hall–Kier alpha value is -1.57. The number of amides is 1. The smallest absolute Gasteiger partial charge is 0.255 e. The molecule has 1 heterocycles. The molecule has 2 aromatic rings. The molecule has 0 aliphatic heterocycles. The van der Waals surface area contributed by atoms with E-state index in [0.717, 1.165) is 3.57 Å². The SMILES string of the molecule is CN(C)C(=O)c1ccc(N)cc1-n1cc(I)cn1. The number of rotatable bonds is 2. The van der Waals surface area contributed by atoms with E-state index in [4.69, 9.17) is 5.73 Å². The van der Waals surface area contributed by atoms with Crippen LogP contribution in [-0.2, 0) is 0 Å². The highest BCUT2D eigenvalue weighted by atomic mass is 127. The van der Waals surface area contributed by atoms with Crippen molar-refractivity contribution in [1.82, 2.24) is 14.7 Å². The largest absolute Gasteiger partial charge is 0.399 e. The summed E-state index contributed by atoms with van der Waals surface area (Å²) in [6.45, 7) is 0. The highest BCUT2D eigenvalue weighted by Crippen LogP contribution is 2.19. The normalized spacial score (nSPS) is 10.4. The fourth-order valence-electron chi connectivity index (χ4n) is 1.59. The van der Waals surface area contributed by atoms with E-state index in [1.807, 2.05) is 6.20 Å². The summed E-state index contributed by atoms with van der Waals surface area (Å²) in [6, 6.07) is 5.19. The third-order valence-corrected chi connectivity index (χ3v) is 3.01. The topological polar surface area (TPSA) is 64.2 Å². The maximum Gasteiger partial charge on any atom is 0.255 e. The van der Waals surface area contributed by atoms with Crippen LogP contribution in [0.4, 0.5) is 5.69 Å². The molecule has 5 nitrogen and oxygen atoms in total. The maximum absolute atomic E-state index is 12.1. The molecule has 1 amide bonds. The molecular weight excluding hydrogens is 343 g/mol.